The topological polar surface area (TPSA) is 307 Å². The number of unbranched alkanes of at least 4 members (excludes halogenated alkanes) is 1. The van der Waals surface area contributed by atoms with E-state index in [4.69, 9.17) is 28.0 Å². The van der Waals surface area contributed by atoms with Gasteiger partial charge >= 0.3 is 11.9 Å². The number of aliphatic carboxylic acids is 2. The van der Waals surface area contributed by atoms with Crippen LogP contribution in [0.4, 0.5) is 0 Å². The predicted octanol–water partition coefficient (Wildman–Crippen LogP) is -3.23. The van der Waals surface area contributed by atoms with Crippen LogP contribution in [0, 0.1) is 0 Å². The quantitative estimate of drug-likeness (QED) is 0.0306. The Balaban J connectivity index is 5.28. The molecule has 4 atom stereocenters. The Labute approximate surface area is 248 Å². The highest BCUT2D eigenvalue weighted by Gasteiger charge is 2.28. The summed E-state index contributed by atoms with van der Waals surface area (Å²) in [5, 5.41) is 28.0. The number of nitrogens with one attached hydrogen (secondary N) is 4. The SMILES string of the molecule is CSCC[C@H](NC(=O)[C@H](CCCCN)NC(=O)[C@@H](N)CCC(=O)O)C(=O)NCC(=O)N[C@@H](CCCN=C(N)N)C(=O)O. The van der Waals surface area contributed by atoms with Gasteiger partial charge in [-0.1, -0.05) is 0 Å². The molecule has 0 fully saturated rings. The van der Waals surface area contributed by atoms with Gasteiger partial charge in [0.05, 0.1) is 12.6 Å². The highest BCUT2D eigenvalue weighted by molar-refractivity contribution is 7.98. The maximum atomic E-state index is 13.1. The molecular weight excluding hydrogens is 574 g/mol. The summed E-state index contributed by atoms with van der Waals surface area (Å²) in [5.41, 5.74) is 21.8. The number of carboxylic acid groups (broad SMARTS) is 2. The molecule has 0 radical (unpaired) electrons. The second-order valence-electron chi connectivity index (χ2n) is 9.35. The van der Waals surface area contributed by atoms with Gasteiger partial charge in [0.2, 0.25) is 23.6 Å². The van der Waals surface area contributed by atoms with Crippen molar-refractivity contribution in [3.8, 4) is 0 Å². The molecule has 0 unspecified atom stereocenters. The molecule has 0 bridgehead atoms. The van der Waals surface area contributed by atoms with Crippen molar-refractivity contribution in [3.05, 3.63) is 0 Å². The molecule has 42 heavy (non-hydrogen) atoms. The summed E-state index contributed by atoms with van der Waals surface area (Å²) in [6, 6.07) is -4.51. The monoisotopic (exact) mass is 619 g/mol. The zero-order chi connectivity index (χ0) is 32.1. The van der Waals surface area contributed by atoms with Crippen LogP contribution >= 0.6 is 11.8 Å². The number of nitrogens with two attached hydrogens (primary N) is 4. The van der Waals surface area contributed by atoms with Crippen molar-refractivity contribution in [2.45, 2.75) is 75.5 Å². The van der Waals surface area contributed by atoms with E-state index in [2.05, 4.69) is 26.3 Å². The first-order chi connectivity index (χ1) is 19.8. The molecule has 0 saturated heterocycles. The molecule has 14 N–H and O–H groups in total. The average molecular weight is 620 g/mol. The van der Waals surface area contributed by atoms with Crippen molar-refractivity contribution in [3.63, 3.8) is 0 Å². The molecule has 0 aliphatic heterocycles. The number of aliphatic imine (C=N–C) groups is 1. The van der Waals surface area contributed by atoms with Crippen LogP contribution in [-0.2, 0) is 28.8 Å². The Morgan fingerprint density at radius 1 is 0.810 bits per heavy atom. The molecule has 240 valence electrons. The third-order valence-electron chi connectivity index (χ3n) is 5.83. The number of hydrogen-bond donors (Lipinski definition) is 10. The number of nitrogens with zero attached hydrogens (tertiary/aromatic N) is 1. The summed E-state index contributed by atoms with van der Waals surface area (Å²) in [5.74, 6) is -4.86. The van der Waals surface area contributed by atoms with Crippen molar-refractivity contribution in [2.24, 2.45) is 27.9 Å². The molecule has 0 aliphatic carbocycles. The minimum atomic E-state index is -1.27. The van der Waals surface area contributed by atoms with Crippen molar-refractivity contribution in [2.75, 3.05) is 31.6 Å². The Kier molecular flexibility index (Phi) is 20.1. The fourth-order valence-corrected chi connectivity index (χ4v) is 4.00. The molecule has 0 rings (SSSR count). The molecule has 0 heterocycles. The van der Waals surface area contributed by atoms with Crippen molar-refractivity contribution in [1.82, 2.24) is 21.3 Å². The number of amides is 4. The summed E-state index contributed by atoms with van der Waals surface area (Å²) in [7, 11) is 0. The normalized spacial score (nSPS) is 13.5. The second kappa shape index (κ2) is 22.0. The third-order valence-corrected chi connectivity index (χ3v) is 6.48. The summed E-state index contributed by atoms with van der Waals surface area (Å²) >= 11 is 1.42. The lowest BCUT2D eigenvalue weighted by Gasteiger charge is -2.24. The highest BCUT2D eigenvalue weighted by Crippen LogP contribution is 2.06. The molecule has 4 amide bonds. The van der Waals surface area contributed by atoms with Crippen LogP contribution in [0.2, 0.25) is 0 Å². The Morgan fingerprint density at radius 3 is 2.00 bits per heavy atom. The first-order valence-corrected chi connectivity index (χ1v) is 14.8. The third kappa shape index (κ3) is 17.9. The maximum Gasteiger partial charge on any atom is 0.326 e. The van der Waals surface area contributed by atoms with E-state index in [0.717, 1.165) is 0 Å². The molecule has 0 spiro atoms. The van der Waals surface area contributed by atoms with E-state index >= 15 is 0 Å². The maximum absolute atomic E-state index is 13.1. The molecule has 0 aromatic heterocycles. The number of hydrogen-bond acceptors (Lipinski definition) is 10. The first-order valence-electron chi connectivity index (χ1n) is 13.4. The molecule has 0 saturated carbocycles. The van der Waals surface area contributed by atoms with Gasteiger partial charge in [-0.05, 0) is 63.5 Å². The number of carboxylic acids is 2. The van der Waals surface area contributed by atoms with Crippen molar-refractivity contribution in [1.29, 1.82) is 0 Å². The number of guanidine groups is 1. The molecular formula is C24H45N9O8S. The molecule has 0 aromatic rings. The van der Waals surface area contributed by atoms with Gasteiger partial charge in [0.25, 0.3) is 0 Å². The number of rotatable bonds is 23. The summed E-state index contributed by atoms with van der Waals surface area (Å²) in [6.45, 7) is -0.00500. The molecule has 0 aromatic carbocycles. The van der Waals surface area contributed by atoms with Crippen molar-refractivity contribution < 1.29 is 39.0 Å². The summed E-state index contributed by atoms with van der Waals surface area (Å²) < 4.78 is 0. The van der Waals surface area contributed by atoms with E-state index in [1.807, 2.05) is 0 Å². The van der Waals surface area contributed by atoms with Crippen LogP contribution in [0.25, 0.3) is 0 Å². The minimum Gasteiger partial charge on any atom is -0.481 e. The van der Waals surface area contributed by atoms with Gasteiger partial charge in [-0.2, -0.15) is 11.8 Å². The molecule has 0 aliphatic rings. The Bertz CT molecular complexity index is 934. The highest BCUT2D eigenvalue weighted by atomic mass is 32.2. The lowest BCUT2D eigenvalue weighted by molar-refractivity contribution is -0.142. The lowest BCUT2D eigenvalue weighted by Crippen LogP contribution is -2.56. The fourth-order valence-electron chi connectivity index (χ4n) is 3.52. The molecule has 18 heteroatoms. The first kappa shape index (κ1) is 38.4. The zero-order valence-electron chi connectivity index (χ0n) is 23.8. The van der Waals surface area contributed by atoms with Gasteiger partial charge in [0.1, 0.15) is 18.1 Å². The van der Waals surface area contributed by atoms with Crippen LogP contribution in [0.3, 0.4) is 0 Å². The van der Waals surface area contributed by atoms with Gasteiger partial charge in [-0.3, -0.25) is 29.0 Å². The standard InChI is InChI=1S/C24H45N9O8S/c1-42-12-9-16(21(38)30-13-18(34)31-17(23(40)41)6-4-11-29-24(27)28)33-22(39)15(5-2-3-10-25)32-20(37)14(26)7-8-19(35)36/h14-17H,2-13,25-26H2,1H3,(H,30,38)(H,31,34)(H,32,37)(H,33,39)(H,35,36)(H,40,41)(H4,27,28,29)/t14-,15-,16-,17-/m0/s1. The zero-order valence-corrected chi connectivity index (χ0v) is 24.6. The van der Waals surface area contributed by atoms with Crippen LogP contribution in [0.15, 0.2) is 4.99 Å². The van der Waals surface area contributed by atoms with E-state index in [0.29, 0.717) is 25.1 Å². The number of carbonyl (C=O) groups is 6. The van der Waals surface area contributed by atoms with E-state index in [-0.39, 0.29) is 51.0 Å². The van der Waals surface area contributed by atoms with Crippen LogP contribution in [0.1, 0.15) is 51.4 Å². The van der Waals surface area contributed by atoms with Gasteiger partial charge in [0.15, 0.2) is 5.96 Å². The minimum absolute atomic E-state index is 0.0510. The van der Waals surface area contributed by atoms with E-state index < -0.39 is 66.3 Å². The van der Waals surface area contributed by atoms with Crippen molar-refractivity contribution >= 4 is 53.3 Å². The number of thioether (sulfide) groups is 1. The van der Waals surface area contributed by atoms with E-state index in [1.54, 1.807) is 6.26 Å². The van der Waals surface area contributed by atoms with Gasteiger partial charge in [0, 0.05) is 13.0 Å². The largest absolute Gasteiger partial charge is 0.481 e. The smallest absolute Gasteiger partial charge is 0.326 e. The van der Waals surface area contributed by atoms with Gasteiger partial charge in [-0.15, -0.1) is 0 Å². The predicted molar refractivity (Wildman–Crippen MR) is 157 cm³/mol. The van der Waals surface area contributed by atoms with Crippen LogP contribution < -0.4 is 44.2 Å². The van der Waals surface area contributed by atoms with E-state index in [9.17, 15) is 33.9 Å². The number of carbonyl (C=O) groups excluding carboxylic acids is 4. The summed E-state index contributed by atoms with van der Waals surface area (Å²) in [4.78, 5) is 76.9. The van der Waals surface area contributed by atoms with Gasteiger partial charge in [-0.25, -0.2) is 4.79 Å². The molecule has 17 nitrogen and oxygen atoms in total. The van der Waals surface area contributed by atoms with Crippen LogP contribution in [-0.4, -0.2) is 108 Å². The fraction of sp³-hybridized carbons (Fsp3) is 0.708. The Morgan fingerprint density at radius 2 is 1.43 bits per heavy atom. The lowest BCUT2D eigenvalue weighted by atomic mass is 10.1. The summed E-state index contributed by atoms with van der Waals surface area (Å²) in [6.07, 6.45) is 3.14. The second-order valence-corrected chi connectivity index (χ2v) is 10.3. The van der Waals surface area contributed by atoms with Crippen LogP contribution in [0.5, 0.6) is 0 Å². The van der Waals surface area contributed by atoms with E-state index in [1.165, 1.54) is 11.8 Å². The van der Waals surface area contributed by atoms with Gasteiger partial charge < -0.3 is 54.4 Å². The Hall–Kier alpha value is -3.64. The average Bonchev–Trinajstić information content (AvgIpc) is 2.93.